The molecular formula is C34H34N8. The Hall–Kier alpha value is -5.18. The van der Waals surface area contributed by atoms with Gasteiger partial charge in [0.2, 0.25) is 0 Å². The first-order valence-electron chi connectivity index (χ1n) is 13.9. The number of azo groups is 2. The van der Waals surface area contributed by atoms with Crippen molar-refractivity contribution in [1.82, 2.24) is 0 Å². The largest absolute Gasteiger partial charge is 0.384 e. The molecule has 8 nitrogen and oxygen atoms in total. The zero-order chi connectivity index (χ0) is 29.0. The highest BCUT2D eigenvalue weighted by molar-refractivity contribution is 5.72. The molecule has 6 N–H and O–H groups in total. The van der Waals surface area contributed by atoms with Crippen molar-refractivity contribution in [2.75, 3.05) is 36.8 Å². The predicted octanol–water partition coefficient (Wildman–Crippen LogP) is 8.59. The highest BCUT2D eigenvalue weighted by atomic mass is 15.1. The van der Waals surface area contributed by atoms with Crippen LogP contribution in [0.25, 0.3) is 22.3 Å². The smallest absolute Gasteiger partial charge is 0.0858 e. The molecule has 0 amide bonds. The quantitative estimate of drug-likeness (QED) is 0.115. The Morgan fingerprint density at radius 3 is 0.857 bits per heavy atom. The average Bonchev–Trinajstić information content (AvgIpc) is 3.06. The Morgan fingerprint density at radius 2 is 0.595 bits per heavy atom. The van der Waals surface area contributed by atoms with Crippen LogP contribution in [0, 0.1) is 0 Å². The van der Waals surface area contributed by atoms with E-state index in [1.54, 1.807) is 0 Å². The maximum atomic E-state index is 5.53. The zero-order valence-corrected chi connectivity index (χ0v) is 23.3. The molecule has 5 rings (SSSR count). The monoisotopic (exact) mass is 554 g/mol. The fraction of sp³-hybridized carbons (Fsp3) is 0.118. The summed E-state index contributed by atoms with van der Waals surface area (Å²) in [6.07, 6.45) is 0. The van der Waals surface area contributed by atoms with Crippen LogP contribution in [0.1, 0.15) is 0 Å². The SMILES string of the molecule is NCCNc1ccc(/N=N/c2ccc(-c3ccc(-c4ccc(/N=N/c5ccc(NCCN)cc5)cc4)cc3)cc2)cc1. The van der Waals surface area contributed by atoms with Crippen LogP contribution in [0.2, 0.25) is 0 Å². The van der Waals surface area contributed by atoms with Gasteiger partial charge in [0.05, 0.1) is 22.7 Å². The second-order valence-electron chi connectivity index (χ2n) is 9.60. The number of nitrogens with zero attached hydrogens (tertiary/aromatic N) is 4. The molecule has 8 heteroatoms. The Kier molecular flexibility index (Phi) is 9.76. The van der Waals surface area contributed by atoms with E-state index in [4.69, 9.17) is 11.5 Å². The fourth-order valence-electron chi connectivity index (χ4n) is 4.25. The van der Waals surface area contributed by atoms with Crippen molar-refractivity contribution < 1.29 is 0 Å². The number of hydrogen-bond donors (Lipinski definition) is 4. The van der Waals surface area contributed by atoms with E-state index in [1.807, 2.05) is 72.8 Å². The highest BCUT2D eigenvalue weighted by Gasteiger charge is 2.02. The summed E-state index contributed by atoms with van der Waals surface area (Å²) in [6, 6.07) is 40.3. The summed E-state index contributed by atoms with van der Waals surface area (Å²) in [5, 5.41) is 23.9. The molecule has 0 aliphatic heterocycles. The lowest BCUT2D eigenvalue weighted by atomic mass is 10.00. The molecule has 0 fully saturated rings. The Balaban J connectivity index is 1.17. The van der Waals surface area contributed by atoms with E-state index in [2.05, 4.69) is 79.6 Å². The lowest BCUT2D eigenvalue weighted by Gasteiger charge is -2.06. The molecule has 42 heavy (non-hydrogen) atoms. The van der Waals surface area contributed by atoms with Crippen molar-refractivity contribution in [2.24, 2.45) is 31.9 Å². The molecule has 0 unspecified atom stereocenters. The minimum atomic E-state index is 0.593. The second kappa shape index (κ2) is 14.5. The van der Waals surface area contributed by atoms with E-state index >= 15 is 0 Å². The van der Waals surface area contributed by atoms with Gasteiger partial charge in [-0.25, -0.2) is 0 Å². The number of anilines is 2. The van der Waals surface area contributed by atoms with Gasteiger partial charge in [0.25, 0.3) is 0 Å². The Labute approximate surface area is 246 Å². The van der Waals surface area contributed by atoms with E-state index in [0.29, 0.717) is 13.1 Å². The van der Waals surface area contributed by atoms with Crippen molar-refractivity contribution in [3.05, 3.63) is 121 Å². The maximum Gasteiger partial charge on any atom is 0.0858 e. The van der Waals surface area contributed by atoms with Gasteiger partial charge in [-0.2, -0.15) is 20.5 Å². The molecule has 0 aliphatic rings. The van der Waals surface area contributed by atoms with Crippen LogP contribution in [0.4, 0.5) is 34.1 Å². The molecule has 0 aromatic heterocycles. The summed E-state index contributed by atoms with van der Waals surface area (Å²) in [7, 11) is 0. The van der Waals surface area contributed by atoms with E-state index in [1.165, 1.54) is 0 Å². The molecule has 0 radical (unpaired) electrons. The minimum Gasteiger partial charge on any atom is -0.384 e. The van der Waals surface area contributed by atoms with Crippen molar-refractivity contribution in [1.29, 1.82) is 0 Å². The number of rotatable bonds is 12. The third kappa shape index (κ3) is 7.94. The third-order valence-corrected chi connectivity index (χ3v) is 6.53. The first kappa shape index (κ1) is 28.4. The van der Waals surface area contributed by atoms with Gasteiger partial charge in [0.15, 0.2) is 0 Å². The predicted molar refractivity (Wildman–Crippen MR) is 174 cm³/mol. The average molecular weight is 555 g/mol. The molecular weight excluding hydrogens is 520 g/mol. The molecule has 210 valence electrons. The normalized spacial score (nSPS) is 11.3. The van der Waals surface area contributed by atoms with Gasteiger partial charge in [0.1, 0.15) is 0 Å². The summed E-state index contributed by atoms with van der Waals surface area (Å²) < 4.78 is 0. The van der Waals surface area contributed by atoms with Crippen LogP contribution in [0.15, 0.2) is 142 Å². The zero-order valence-electron chi connectivity index (χ0n) is 23.3. The number of hydrogen-bond acceptors (Lipinski definition) is 8. The summed E-state index contributed by atoms with van der Waals surface area (Å²) in [6.45, 7) is 2.66. The van der Waals surface area contributed by atoms with E-state index < -0.39 is 0 Å². The van der Waals surface area contributed by atoms with Crippen molar-refractivity contribution in [3.8, 4) is 22.3 Å². The number of nitrogens with two attached hydrogens (primary N) is 2. The molecule has 5 aromatic carbocycles. The van der Waals surface area contributed by atoms with Crippen LogP contribution in [0.3, 0.4) is 0 Å². The highest BCUT2D eigenvalue weighted by Crippen LogP contribution is 2.29. The van der Waals surface area contributed by atoms with Crippen molar-refractivity contribution in [2.45, 2.75) is 0 Å². The molecule has 5 aromatic rings. The Bertz CT molecular complexity index is 1470. The van der Waals surface area contributed by atoms with Crippen LogP contribution < -0.4 is 22.1 Å². The van der Waals surface area contributed by atoms with Gasteiger partial charge in [-0.05, 0) is 95.1 Å². The molecule has 0 saturated carbocycles. The van der Waals surface area contributed by atoms with Gasteiger partial charge < -0.3 is 22.1 Å². The van der Waals surface area contributed by atoms with Crippen molar-refractivity contribution in [3.63, 3.8) is 0 Å². The second-order valence-corrected chi connectivity index (χ2v) is 9.60. The topological polar surface area (TPSA) is 126 Å². The lowest BCUT2D eigenvalue weighted by Crippen LogP contribution is -2.12. The van der Waals surface area contributed by atoms with E-state index in [9.17, 15) is 0 Å². The lowest BCUT2D eigenvalue weighted by molar-refractivity contribution is 1.02. The molecule has 0 aliphatic carbocycles. The van der Waals surface area contributed by atoms with Crippen LogP contribution in [-0.2, 0) is 0 Å². The molecule has 0 heterocycles. The van der Waals surface area contributed by atoms with Crippen LogP contribution in [0.5, 0.6) is 0 Å². The van der Waals surface area contributed by atoms with E-state index in [-0.39, 0.29) is 0 Å². The third-order valence-electron chi connectivity index (χ3n) is 6.53. The van der Waals surface area contributed by atoms with Gasteiger partial charge in [-0.15, -0.1) is 0 Å². The summed E-state index contributed by atoms with van der Waals surface area (Å²) in [4.78, 5) is 0. The summed E-state index contributed by atoms with van der Waals surface area (Å²) >= 11 is 0. The summed E-state index contributed by atoms with van der Waals surface area (Å²) in [5.41, 5.74) is 20.8. The van der Waals surface area contributed by atoms with Gasteiger partial charge in [-0.1, -0.05) is 48.5 Å². The van der Waals surface area contributed by atoms with Crippen LogP contribution in [-0.4, -0.2) is 26.2 Å². The van der Waals surface area contributed by atoms with Gasteiger partial charge >= 0.3 is 0 Å². The summed E-state index contributed by atoms with van der Waals surface area (Å²) in [5.74, 6) is 0. The maximum absolute atomic E-state index is 5.53. The first-order valence-corrected chi connectivity index (χ1v) is 13.9. The Morgan fingerprint density at radius 1 is 0.357 bits per heavy atom. The number of benzene rings is 5. The van der Waals surface area contributed by atoms with Gasteiger partial charge in [-0.3, -0.25) is 0 Å². The molecule has 0 bridgehead atoms. The first-order chi connectivity index (χ1) is 20.7. The fourth-order valence-corrected chi connectivity index (χ4v) is 4.25. The minimum absolute atomic E-state index is 0.593. The molecule has 0 spiro atoms. The van der Waals surface area contributed by atoms with Gasteiger partial charge in [0, 0.05) is 37.6 Å². The standard InChI is InChI=1S/C34H34N8/c35-21-23-37-29-13-17-33(18-14-29)41-39-31-9-5-27(6-10-31)25-1-2-26(4-3-25)28-7-11-32(12-8-28)40-42-34-19-15-30(16-20-34)38-24-22-36/h1-20,37-38H,21-24,35-36H2/b41-39+,42-40+. The van der Waals surface area contributed by atoms with E-state index in [0.717, 1.165) is 69.5 Å². The molecule has 0 saturated heterocycles. The van der Waals surface area contributed by atoms with Crippen molar-refractivity contribution >= 4 is 34.1 Å². The van der Waals surface area contributed by atoms with Crippen LogP contribution >= 0.6 is 0 Å². The molecule has 0 atom stereocenters. The number of nitrogens with one attached hydrogen (secondary N) is 2.